The normalized spacial score (nSPS) is 12.7. The first-order valence-electron chi connectivity index (χ1n) is 5.97. The number of rotatable bonds is 4. The van der Waals surface area contributed by atoms with E-state index in [0.717, 1.165) is 6.07 Å². The summed E-state index contributed by atoms with van der Waals surface area (Å²) in [5, 5.41) is 10.3. The van der Waals surface area contributed by atoms with Crippen molar-refractivity contribution in [1.82, 2.24) is 0 Å². The van der Waals surface area contributed by atoms with Gasteiger partial charge in [0, 0.05) is 17.0 Å². The van der Waals surface area contributed by atoms with Gasteiger partial charge >= 0.3 is 0 Å². The van der Waals surface area contributed by atoms with Crippen molar-refractivity contribution in [3.05, 3.63) is 70.0 Å². The standard InChI is InChI=1S/C15H12ClF3O/c16-12-5-4-9(13(17)8-12)7-14(20)10-2-1-3-11(6-10)15(18)19/h1-6,8,14-15,20H,7H2. The lowest BCUT2D eigenvalue weighted by molar-refractivity contribution is 0.149. The van der Waals surface area contributed by atoms with Crippen LogP contribution < -0.4 is 0 Å². The van der Waals surface area contributed by atoms with Gasteiger partial charge in [0.05, 0.1) is 6.10 Å². The van der Waals surface area contributed by atoms with Gasteiger partial charge in [0.25, 0.3) is 6.43 Å². The van der Waals surface area contributed by atoms with Gasteiger partial charge in [-0.1, -0.05) is 35.9 Å². The molecule has 2 aromatic rings. The monoisotopic (exact) mass is 300 g/mol. The van der Waals surface area contributed by atoms with Crippen LogP contribution in [0.1, 0.15) is 29.2 Å². The van der Waals surface area contributed by atoms with Gasteiger partial charge in [0.1, 0.15) is 5.82 Å². The van der Waals surface area contributed by atoms with Gasteiger partial charge in [-0.15, -0.1) is 0 Å². The van der Waals surface area contributed by atoms with Crippen LogP contribution in [0.4, 0.5) is 13.2 Å². The average molecular weight is 301 g/mol. The van der Waals surface area contributed by atoms with Crippen molar-refractivity contribution in [2.24, 2.45) is 0 Å². The number of aliphatic hydroxyl groups is 1. The summed E-state index contributed by atoms with van der Waals surface area (Å²) in [5.41, 5.74) is 0.444. The number of benzene rings is 2. The van der Waals surface area contributed by atoms with E-state index in [1.165, 1.54) is 36.4 Å². The molecule has 5 heteroatoms. The minimum atomic E-state index is -2.60. The largest absolute Gasteiger partial charge is 0.388 e. The summed E-state index contributed by atoms with van der Waals surface area (Å²) >= 11 is 5.64. The van der Waals surface area contributed by atoms with Gasteiger partial charge in [-0.05, 0) is 29.3 Å². The SMILES string of the molecule is OC(Cc1ccc(Cl)cc1F)c1cccc(C(F)F)c1. The quantitative estimate of drug-likeness (QED) is 0.868. The molecule has 1 atom stereocenters. The molecule has 0 bridgehead atoms. The van der Waals surface area contributed by atoms with Gasteiger partial charge < -0.3 is 5.11 Å². The molecule has 0 aliphatic carbocycles. The van der Waals surface area contributed by atoms with Crippen molar-refractivity contribution in [1.29, 1.82) is 0 Å². The van der Waals surface area contributed by atoms with Gasteiger partial charge in [0.15, 0.2) is 0 Å². The molecule has 106 valence electrons. The molecule has 20 heavy (non-hydrogen) atoms. The number of alkyl halides is 2. The Morgan fingerprint density at radius 3 is 2.40 bits per heavy atom. The third-order valence-corrected chi connectivity index (χ3v) is 3.21. The fourth-order valence-corrected chi connectivity index (χ4v) is 2.07. The minimum absolute atomic E-state index is 0.00427. The van der Waals surface area contributed by atoms with Crippen molar-refractivity contribution >= 4 is 11.6 Å². The number of halogens is 4. The Balaban J connectivity index is 2.19. The van der Waals surface area contributed by atoms with E-state index < -0.39 is 18.3 Å². The molecule has 0 saturated carbocycles. The van der Waals surface area contributed by atoms with Gasteiger partial charge in [-0.2, -0.15) is 0 Å². The first kappa shape index (κ1) is 14.9. The molecule has 0 amide bonds. The lowest BCUT2D eigenvalue weighted by atomic mass is 9.99. The highest BCUT2D eigenvalue weighted by Gasteiger charge is 2.14. The zero-order valence-electron chi connectivity index (χ0n) is 10.4. The number of hydrogen-bond acceptors (Lipinski definition) is 1. The van der Waals surface area contributed by atoms with Crippen molar-refractivity contribution in [2.75, 3.05) is 0 Å². The summed E-state index contributed by atoms with van der Waals surface area (Å²) in [7, 11) is 0. The second kappa shape index (κ2) is 6.29. The predicted molar refractivity (Wildman–Crippen MR) is 71.5 cm³/mol. The Morgan fingerprint density at radius 2 is 1.75 bits per heavy atom. The number of hydrogen-bond donors (Lipinski definition) is 1. The summed E-state index contributed by atoms with van der Waals surface area (Å²) < 4.78 is 38.8. The fourth-order valence-electron chi connectivity index (χ4n) is 1.92. The molecule has 0 fully saturated rings. The summed E-state index contributed by atoms with van der Waals surface area (Å²) in [6.45, 7) is 0. The topological polar surface area (TPSA) is 20.2 Å². The molecule has 1 nitrogen and oxygen atoms in total. The minimum Gasteiger partial charge on any atom is -0.388 e. The highest BCUT2D eigenvalue weighted by atomic mass is 35.5. The molecule has 0 aromatic heterocycles. The van der Waals surface area contributed by atoms with E-state index in [2.05, 4.69) is 0 Å². The maximum absolute atomic E-state index is 13.6. The van der Waals surface area contributed by atoms with Crippen LogP contribution in [-0.4, -0.2) is 5.11 Å². The molecule has 0 aliphatic rings. The van der Waals surface area contributed by atoms with Crippen LogP contribution in [0.25, 0.3) is 0 Å². The molecule has 0 spiro atoms. The second-order valence-corrected chi connectivity index (χ2v) is 4.86. The van der Waals surface area contributed by atoms with Crippen LogP contribution in [0, 0.1) is 5.82 Å². The predicted octanol–water partition coefficient (Wildman–Crippen LogP) is 4.69. The van der Waals surface area contributed by atoms with E-state index in [1.54, 1.807) is 0 Å². The van der Waals surface area contributed by atoms with Crippen molar-refractivity contribution in [2.45, 2.75) is 19.0 Å². The zero-order chi connectivity index (χ0) is 14.7. The molecular formula is C15H12ClF3O. The van der Waals surface area contributed by atoms with Crippen molar-refractivity contribution in [3.63, 3.8) is 0 Å². The highest BCUT2D eigenvalue weighted by Crippen LogP contribution is 2.25. The maximum Gasteiger partial charge on any atom is 0.263 e. The Labute approximate surface area is 119 Å². The van der Waals surface area contributed by atoms with Crippen molar-refractivity contribution in [3.8, 4) is 0 Å². The van der Waals surface area contributed by atoms with Gasteiger partial charge in [0.2, 0.25) is 0 Å². The fraction of sp³-hybridized carbons (Fsp3) is 0.200. The molecule has 0 heterocycles. The van der Waals surface area contributed by atoms with Gasteiger partial charge in [-0.3, -0.25) is 0 Å². The summed E-state index contributed by atoms with van der Waals surface area (Å²) in [6.07, 6.45) is -3.66. The lowest BCUT2D eigenvalue weighted by Gasteiger charge is -2.13. The van der Waals surface area contributed by atoms with E-state index in [4.69, 9.17) is 11.6 Å². The average Bonchev–Trinajstić information content (AvgIpc) is 2.42. The molecule has 0 radical (unpaired) electrons. The van der Waals surface area contributed by atoms with Crippen LogP contribution in [0.3, 0.4) is 0 Å². The molecule has 1 unspecified atom stereocenters. The third-order valence-electron chi connectivity index (χ3n) is 2.98. The number of aliphatic hydroxyl groups excluding tert-OH is 1. The lowest BCUT2D eigenvalue weighted by Crippen LogP contribution is -2.04. The Hall–Kier alpha value is -1.52. The smallest absolute Gasteiger partial charge is 0.263 e. The Morgan fingerprint density at radius 1 is 1.05 bits per heavy atom. The van der Waals surface area contributed by atoms with Gasteiger partial charge in [-0.25, -0.2) is 13.2 Å². The third kappa shape index (κ3) is 3.52. The first-order chi connectivity index (χ1) is 9.47. The summed E-state index contributed by atoms with van der Waals surface area (Å²) in [4.78, 5) is 0. The van der Waals surface area contributed by atoms with E-state index in [1.807, 2.05) is 0 Å². The second-order valence-electron chi connectivity index (χ2n) is 4.43. The highest BCUT2D eigenvalue weighted by molar-refractivity contribution is 6.30. The molecule has 0 saturated heterocycles. The summed E-state index contributed by atoms with van der Waals surface area (Å²) in [5.74, 6) is -0.526. The zero-order valence-corrected chi connectivity index (χ0v) is 11.1. The Kier molecular flexibility index (Phi) is 4.68. The van der Waals surface area contributed by atoms with Crippen LogP contribution in [0.2, 0.25) is 5.02 Å². The molecule has 2 aromatic carbocycles. The van der Waals surface area contributed by atoms with E-state index in [9.17, 15) is 18.3 Å². The maximum atomic E-state index is 13.6. The van der Waals surface area contributed by atoms with Crippen LogP contribution in [0.15, 0.2) is 42.5 Å². The van der Waals surface area contributed by atoms with E-state index in [0.29, 0.717) is 5.56 Å². The molecular weight excluding hydrogens is 289 g/mol. The van der Waals surface area contributed by atoms with Crippen molar-refractivity contribution < 1.29 is 18.3 Å². The van der Waals surface area contributed by atoms with Crippen LogP contribution >= 0.6 is 11.6 Å². The summed E-state index contributed by atoms with van der Waals surface area (Å²) in [6, 6.07) is 9.62. The van der Waals surface area contributed by atoms with Crippen LogP contribution in [-0.2, 0) is 6.42 Å². The van der Waals surface area contributed by atoms with Crippen LogP contribution in [0.5, 0.6) is 0 Å². The first-order valence-corrected chi connectivity index (χ1v) is 6.35. The molecule has 2 rings (SSSR count). The van der Waals surface area contributed by atoms with E-state index in [-0.39, 0.29) is 22.6 Å². The van der Waals surface area contributed by atoms with E-state index >= 15 is 0 Å². The Bertz CT molecular complexity index is 601. The molecule has 1 N–H and O–H groups in total. The molecule has 0 aliphatic heterocycles.